The van der Waals surface area contributed by atoms with Crippen molar-refractivity contribution in [3.05, 3.63) is 75.8 Å². The minimum Gasteiger partial charge on any atom is -0.383 e. The first-order chi connectivity index (χ1) is 15.5. The fourth-order valence-electron chi connectivity index (χ4n) is 3.69. The van der Waals surface area contributed by atoms with Crippen LogP contribution in [-0.2, 0) is 16.1 Å². The van der Waals surface area contributed by atoms with Crippen molar-refractivity contribution in [3.8, 4) is 0 Å². The molecule has 9 nitrogen and oxygen atoms in total. The summed E-state index contributed by atoms with van der Waals surface area (Å²) in [5.74, 6) is -0.738. The van der Waals surface area contributed by atoms with Crippen LogP contribution in [0.3, 0.4) is 0 Å². The van der Waals surface area contributed by atoms with E-state index in [0.29, 0.717) is 27.9 Å². The van der Waals surface area contributed by atoms with Gasteiger partial charge in [-0.25, -0.2) is 4.98 Å². The van der Waals surface area contributed by atoms with E-state index in [-0.39, 0.29) is 44.1 Å². The number of H-pyrrole nitrogens is 1. The fourth-order valence-corrected chi connectivity index (χ4v) is 3.69. The van der Waals surface area contributed by atoms with Gasteiger partial charge in [-0.2, -0.15) is 0 Å². The van der Waals surface area contributed by atoms with Crippen molar-refractivity contribution in [2.75, 3.05) is 26.8 Å². The number of amides is 3. The Morgan fingerprint density at radius 3 is 2.38 bits per heavy atom. The van der Waals surface area contributed by atoms with Gasteiger partial charge in [0.25, 0.3) is 17.4 Å². The number of aromatic amines is 1. The molecule has 9 heteroatoms. The second-order valence-corrected chi connectivity index (χ2v) is 7.40. The molecule has 0 bridgehead atoms. The third-order valence-corrected chi connectivity index (χ3v) is 5.35. The number of rotatable bonds is 8. The van der Waals surface area contributed by atoms with Gasteiger partial charge in [0.1, 0.15) is 5.82 Å². The van der Waals surface area contributed by atoms with Gasteiger partial charge in [0.2, 0.25) is 5.91 Å². The van der Waals surface area contributed by atoms with Crippen LogP contribution in [0.15, 0.2) is 53.3 Å². The molecule has 164 valence electrons. The molecule has 0 spiro atoms. The SMILES string of the molecule is COCCN(Cc1nc2ccccc2c(=O)[nH]1)C(=O)CCN1C(=O)c2ccccc2C1=O. The topological polar surface area (TPSA) is 113 Å². The molecule has 0 aliphatic carbocycles. The summed E-state index contributed by atoms with van der Waals surface area (Å²) >= 11 is 0. The van der Waals surface area contributed by atoms with Gasteiger partial charge in [-0.3, -0.25) is 24.1 Å². The summed E-state index contributed by atoms with van der Waals surface area (Å²) in [6, 6.07) is 13.6. The maximum atomic E-state index is 12.9. The lowest BCUT2D eigenvalue weighted by Crippen LogP contribution is -2.38. The maximum Gasteiger partial charge on any atom is 0.261 e. The number of nitrogens with zero attached hydrogens (tertiary/aromatic N) is 3. The third-order valence-electron chi connectivity index (χ3n) is 5.35. The summed E-state index contributed by atoms with van der Waals surface area (Å²) in [6.45, 7) is 0.602. The van der Waals surface area contributed by atoms with Crippen molar-refractivity contribution >= 4 is 28.6 Å². The monoisotopic (exact) mass is 434 g/mol. The fraction of sp³-hybridized carbons (Fsp3) is 0.261. The highest BCUT2D eigenvalue weighted by atomic mass is 16.5. The highest BCUT2D eigenvalue weighted by Gasteiger charge is 2.35. The molecule has 1 N–H and O–H groups in total. The minimum absolute atomic E-state index is 0.0314. The number of imide groups is 1. The Morgan fingerprint density at radius 1 is 1.03 bits per heavy atom. The predicted octanol–water partition coefficient (Wildman–Crippen LogP) is 1.58. The Kier molecular flexibility index (Phi) is 6.09. The molecule has 1 aliphatic heterocycles. The van der Waals surface area contributed by atoms with Crippen LogP contribution in [0.5, 0.6) is 0 Å². The van der Waals surface area contributed by atoms with E-state index in [1.165, 1.54) is 12.0 Å². The first-order valence-electron chi connectivity index (χ1n) is 10.2. The number of benzene rings is 2. The van der Waals surface area contributed by atoms with Gasteiger partial charge in [-0.05, 0) is 24.3 Å². The molecule has 1 aliphatic rings. The van der Waals surface area contributed by atoms with Crippen molar-refractivity contribution in [1.82, 2.24) is 19.8 Å². The predicted molar refractivity (Wildman–Crippen MR) is 116 cm³/mol. The number of hydrogen-bond acceptors (Lipinski definition) is 6. The van der Waals surface area contributed by atoms with Crippen LogP contribution < -0.4 is 5.56 Å². The molecule has 0 unspecified atom stereocenters. The van der Waals surface area contributed by atoms with Crippen LogP contribution >= 0.6 is 0 Å². The second kappa shape index (κ2) is 9.11. The lowest BCUT2D eigenvalue weighted by atomic mass is 10.1. The lowest BCUT2D eigenvalue weighted by molar-refractivity contribution is -0.132. The Balaban J connectivity index is 1.48. The molecule has 2 aromatic carbocycles. The Bertz CT molecular complexity index is 1220. The zero-order valence-corrected chi connectivity index (χ0v) is 17.5. The van der Waals surface area contributed by atoms with Gasteiger partial charge in [0.15, 0.2) is 0 Å². The smallest absolute Gasteiger partial charge is 0.261 e. The molecule has 4 rings (SSSR count). The highest BCUT2D eigenvalue weighted by Crippen LogP contribution is 2.22. The van der Waals surface area contributed by atoms with Crippen LogP contribution in [-0.4, -0.2) is 64.3 Å². The molecule has 0 radical (unpaired) electrons. The standard InChI is InChI=1S/C23H22N4O5/c1-32-13-12-26(14-19-24-18-9-5-4-8-17(18)21(29)25-19)20(28)10-11-27-22(30)15-6-2-3-7-16(15)23(27)31/h2-9H,10-14H2,1H3,(H,24,25,29). The van der Waals surface area contributed by atoms with Gasteiger partial charge in [-0.15, -0.1) is 0 Å². The Hall–Kier alpha value is -3.85. The zero-order chi connectivity index (χ0) is 22.7. The van der Waals surface area contributed by atoms with Crippen molar-refractivity contribution in [2.45, 2.75) is 13.0 Å². The largest absolute Gasteiger partial charge is 0.383 e. The van der Waals surface area contributed by atoms with E-state index in [1.807, 2.05) is 0 Å². The molecule has 0 saturated carbocycles. The zero-order valence-electron chi connectivity index (χ0n) is 17.5. The van der Waals surface area contributed by atoms with Crippen molar-refractivity contribution in [2.24, 2.45) is 0 Å². The summed E-state index contributed by atoms with van der Waals surface area (Å²) in [5, 5.41) is 0.469. The summed E-state index contributed by atoms with van der Waals surface area (Å²) in [5.41, 5.74) is 0.949. The van der Waals surface area contributed by atoms with E-state index in [0.717, 1.165) is 4.90 Å². The van der Waals surface area contributed by atoms with Crippen molar-refractivity contribution in [1.29, 1.82) is 0 Å². The number of carbonyl (C=O) groups is 3. The van der Waals surface area contributed by atoms with Crippen LogP contribution in [0, 0.1) is 0 Å². The molecular weight excluding hydrogens is 412 g/mol. The van der Waals surface area contributed by atoms with Crippen LogP contribution in [0.4, 0.5) is 0 Å². The Labute approximate surface area is 183 Å². The number of fused-ring (bicyclic) bond motifs is 2. The molecule has 3 aromatic rings. The van der Waals surface area contributed by atoms with Gasteiger partial charge >= 0.3 is 0 Å². The minimum atomic E-state index is -0.401. The highest BCUT2D eigenvalue weighted by molar-refractivity contribution is 6.21. The van der Waals surface area contributed by atoms with E-state index in [2.05, 4.69) is 9.97 Å². The lowest BCUT2D eigenvalue weighted by Gasteiger charge is -2.23. The van der Waals surface area contributed by atoms with E-state index >= 15 is 0 Å². The molecule has 2 heterocycles. The van der Waals surface area contributed by atoms with Crippen molar-refractivity contribution < 1.29 is 19.1 Å². The second-order valence-electron chi connectivity index (χ2n) is 7.40. The summed E-state index contributed by atoms with van der Waals surface area (Å²) in [4.78, 5) is 60.1. The average molecular weight is 434 g/mol. The number of ether oxygens (including phenoxy) is 1. The number of para-hydroxylation sites is 1. The van der Waals surface area contributed by atoms with Gasteiger partial charge in [0.05, 0.1) is 35.2 Å². The average Bonchev–Trinajstić information content (AvgIpc) is 3.05. The number of aromatic nitrogens is 2. The number of hydrogen-bond donors (Lipinski definition) is 1. The van der Waals surface area contributed by atoms with Gasteiger partial charge in [0, 0.05) is 26.6 Å². The summed E-state index contributed by atoms with van der Waals surface area (Å²) < 4.78 is 5.10. The third kappa shape index (κ3) is 4.15. The Morgan fingerprint density at radius 2 is 1.69 bits per heavy atom. The quantitative estimate of drug-likeness (QED) is 0.539. The molecular formula is C23H22N4O5. The molecule has 3 amide bonds. The molecule has 32 heavy (non-hydrogen) atoms. The normalized spacial score (nSPS) is 13.0. The number of nitrogens with one attached hydrogen (secondary N) is 1. The molecule has 0 atom stereocenters. The maximum absolute atomic E-state index is 12.9. The van der Waals surface area contributed by atoms with E-state index in [1.54, 1.807) is 48.5 Å². The van der Waals surface area contributed by atoms with Crippen LogP contribution in [0.2, 0.25) is 0 Å². The number of carbonyl (C=O) groups excluding carboxylic acids is 3. The first-order valence-corrected chi connectivity index (χ1v) is 10.2. The van der Waals surface area contributed by atoms with Crippen molar-refractivity contribution in [3.63, 3.8) is 0 Å². The van der Waals surface area contributed by atoms with E-state index in [4.69, 9.17) is 4.74 Å². The molecule has 0 saturated heterocycles. The van der Waals surface area contributed by atoms with Gasteiger partial charge in [-0.1, -0.05) is 24.3 Å². The van der Waals surface area contributed by atoms with E-state index < -0.39 is 11.8 Å². The van der Waals surface area contributed by atoms with E-state index in [9.17, 15) is 19.2 Å². The van der Waals surface area contributed by atoms with Crippen LogP contribution in [0.1, 0.15) is 33.0 Å². The number of methoxy groups -OCH3 is 1. The van der Waals surface area contributed by atoms with Crippen LogP contribution in [0.25, 0.3) is 10.9 Å². The summed E-state index contributed by atoms with van der Waals surface area (Å²) in [7, 11) is 1.53. The van der Waals surface area contributed by atoms with Gasteiger partial charge < -0.3 is 14.6 Å². The molecule has 1 aromatic heterocycles. The summed E-state index contributed by atoms with van der Waals surface area (Å²) in [6.07, 6.45) is -0.0486. The first kappa shape index (κ1) is 21.4. The molecule has 0 fully saturated rings.